The van der Waals surface area contributed by atoms with Gasteiger partial charge in [-0.05, 0) is 26.0 Å². The number of carbonyl (C=O) groups excluding carboxylic acids is 1. The average molecular weight is 262 g/mol. The highest BCUT2D eigenvalue weighted by molar-refractivity contribution is 5.94. The molecule has 104 valence electrons. The Labute approximate surface area is 114 Å². The quantitative estimate of drug-likeness (QED) is 0.894. The molecule has 0 aromatic heterocycles. The second-order valence-corrected chi connectivity index (χ2v) is 5.46. The number of hydrogen-bond acceptors (Lipinski definition) is 3. The van der Waals surface area contributed by atoms with Crippen molar-refractivity contribution in [1.29, 1.82) is 0 Å². The predicted octanol–water partition coefficient (Wildman–Crippen LogP) is 1.53. The lowest BCUT2D eigenvalue weighted by Gasteiger charge is -2.40. The van der Waals surface area contributed by atoms with Crippen LogP contribution in [0.4, 0.5) is 0 Å². The summed E-state index contributed by atoms with van der Waals surface area (Å²) in [6.07, 6.45) is 0. The molecule has 1 aliphatic rings. The van der Waals surface area contributed by atoms with Gasteiger partial charge in [0.2, 0.25) is 0 Å². The van der Waals surface area contributed by atoms with Gasteiger partial charge < -0.3 is 10.1 Å². The summed E-state index contributed by atoms with van der Waals surface area (Å²) in [6.45, 7) is 8.35. The van der Waals surface area contributed by atoms with E-state index in [2.05, 4.69) is 24.1 Å². The fraction of sp³-hybridized carbons (Fsp3) is 0.533. The van der Waals surface area contributed by atoms with Crippen LogP contribution in [-0.2, 0) is 4.74 Å². The number of amides is 1. The van der Waals surface area contributed by atoms with Crippen LogP contribution in [0.25, 0.3) is 0 Å². The van der Waals surface area contributed by atoms with Crippen LogP contribution >= 0.6 is 0 Å². The molecule has 0 aliphatic carbocycles. The number of nitrogens with zero attached hydrogens (tertiary/aromatic N) is 1. The van der Waals surface area contributed by atoms with Crippen molar-refractivity contribution in [2.75, 3.05) is 32.8 Å². The zero-order valence-corrected chi connectivity index (χ0v) is 11.7. The smallest absolute Gasteiger partial charge is 0.251 e. The highest BCUT2D eigenvalue weighted by Crippen LogP contribution is 2.15. The Morgan fingerprint density at radius 1 is 1.26 bits per heavy atom. The molecule has 0 atom stereocenters. The van der Waals surface area contributed by atoms with Gasteiger partial charge in [-0.15, -0.1) is 0 Å². The topological polar surface area (TPSA) is 41.6 Å². The Morgan fingerprint density at radius 3 is 2.53 bits per heavy atom. The van der Waals surface area contributed by atoms with E-state index >= 15 is 0 Å². The van der Waals surface area contributed by atoms with Crippen molar-refractivity contribution in [1.82, 2.24) is 10.2 Å². The zero-order valence-electron chi connectivity index (χ0n) is 11.7. The summed E-state index contributed by atoms with van der Waals surface area (Å²) in [5.41, 5.74) is 0.661. The van der Waals surface area contributed by atoms with Crippen LogP contribution in [0.2, 0.25) is 0 Å². The van der Waals surface area contributed by atoms with Crippen LogP contribution in [0.3, 0.4) is 0 Å². The van der Waals surface area contributed by atoms with Crippen molar-refractivity contribution >= 4 is 5.91 Å². The first kappa shape index (κ1) is 14.0. The number of benzene rings is 1. The second kappa shape index (κ2) is 6.17. The molecule has 4 heteroatoms. The van der Waals surface area contributed by atoms with Crippen LogP contribution in [0.5, 0.6) is 0 Å². The van der Waals surface area contributed by atoms with Crippen LogP contribution in [0, 0.1) is 0 Å². The van der Waals surface area contributed by atoms with E-state index in [1.807, 2.05) is 30.3 Å². The van der Waals surface area contributed by atoms with Crippen molar-refractivity contribution in [2.24, 2.45) is 0 Å². The molecule has 1 amide bonds. The molecule has 0 radical (unpaired) electrons. The summed E-state index contributed by atoms with van der Waals surface area (Å²) in [7, 11) is 0. The number of morpholine rings is 1. The summed E-state index contributed by atoms with van der Waals surface area (Å²) >= 11 is 0. The molecule has 4 nitrogen and oxygen atoms in total. The molecule has 19 heavy (non-hydrogen) atoms. The standard InChI is InChI=1S/C15H22N2O2/c1-15(2,17-8-10-19-11-9-17)12-16-14(18)13-6-4-3-5-7-13/h3-7H,8-12H2,1-2H3,(H,16,18). The van der Waals surface area contributed by atoms with E-state index in [9.17, 15) is 4.79 Å². The normalized spacial score (nSPS) is 17.2. The maximum absolute atomic E-state index is 12.0. The fourth-order valence-corrected chi connectivity index (χ4v) is 2.27. The lowest BCUT2D eigenvalue weighted by molar-refractivity contribution is -0.00923. The van der Waals surface area contributed by atoms with Crippen LogP contribution in [0.15, 0.2) is 30.3 Å². The number of ether oxygens (including phenoxy) is 1. The highest BCUT2D eigenvalue weighted by Gasteiger charge is 2.28. The van der Waals surface area contributed by atoms with Gasteiger partial charge in [-0.3, -0.25) is 9.69 Å². The molecule has 1 aliphatic heterocycles. The molecule has 1 saturated heterocycles. The van der Waals surface area contributed by atoms with Gasteiger partial charge in [-0.2, -0.15) is 0 Å². The minimum absolute atomic E-state index is 0.0121. The first-order valence-corrected chi connectivity index (χ1v) is 6.76. The van der Waals surface area contributed by atoms with E-state index in [1.165, 1.54) is 0 Å². The molecule has 0 unspecified atom stereocenters. The molecule has 2 rings (SSSR count). The number of carbonyl (C=O) groups is 1. The van der Waals surface area contributed by atoms with Crippen LogP contribution in [0.1, 0.15) is 24.2 Å². The first-order chi connectivity index (χ1) is 9.09. The van der Waals surface area contributed by atoms with E-state index in [4.69, 9.17) is 4.74 Å². The van der Waals surface area contributed by atoms with Gasteiger partial charge in [0.25, 0.3) is 5.91 Å². The highest BCUT2D eigenvalue weighted by atomic mass is 16.5. The SMILES string of the molecule is CC(C)(CNC(=O)c1ccccc1)N1CCOCC1. The van der Waals surface area contributed by atoms with Crippen molar-refractivity contribution in [3.05, 3.63) is 35.9 Å². The number of nitrogens with one attached hydrogen (secondary N) is 1. The molecule has 1 heterocycles. The Morgan fingerprint density at radius 2 is 1.89 bits per heavy atom. The Bertz CT molecular complexity index is 411. The van der Waals surface area contributed by atoms with Gasteiger partial charge in [-0.1, -0.05) is 18.2 Å². The summed E-state index contributed by atoms with van der Waals surface area (Å²) in [5.74, 6) is -0.0121. The minimum atomic E-state index is -0.0474. The van der Waals surface area contributed by atoms with E-state index in [1.54, 1.807) is 0 Å². The van der Waals surface area contributed by atoms with E-state index in [0.29, 0.717) is 12.1 Å². The third-order valence-corrected chi connectivity index (χ3v) is 3.58. The third kappa shape index (κ3) is 3.78. The monoisotopic (exact) mass is 262 g/mol. The van der Waals surface area contributed by atoms with Crippen LogP contribution < -0.4 is 5.32 Å². The molecule has 0 bridgehead atoms. The minimum Gasteiger partial charge on any atom is -0.379 e. The predicted molar refractivity (Wildman–Crippen MR) is 75.2 cm³/mol. The third-order valence-electron chi connectivity index (χ3n) is 3.58. The second-order valence-electron chi connectivity index (χ2n) is 5.46. The lowest BCUT2D eigenvalue weighted by Crippen LogP contribution is -2.55. The fourth-order valence-electron chi connectivity index (χ4n) is 2.27. The zero-order chi connectivity index (χ0) is 13.7. The summed E-state index contributed by atoms with van der Waals surface area (Å²) in [5, 5.41) is 3.02. The Kier molecular flexibility index (Phi) is 4.56. The largest absolute Gasteiger partial charge is 0.379 e. The molecule has 0 spiro atoms. The average Bonchev–Trinajstić information content (AvgIpc) is 2.47. The molecule has 1 aromatic rings. The first-order valence-electron chi connectivity index (χ1n) is 6.76. The molecular formula is C15H22N2O2. The molecule has 1 N–H and O–H groups in total. The van der Waals surface area contributed by atoms with Crippen molar-refractivity contribution < 1.29 is 9.53 Å². The Hall–Kier alpha value is -1.39. The van der Waals surface area contributed by atoms with Gasteiger partial charge in [0.1, 0.15) is 0 Å². The van der Waals surface area contributed by atoms with Gasteiger partial charge in [0, 0.05) is 30.7 Å². The van der Waals surface area contributed by atoms with Gasteiger partial charge in [-0.25, -0.2) is 0 Å². The maximum Gasteiger partial charge on any atom is 0.251 e. The molecule has 1 aromatic carbocycles. The van der Waals surface area contributed by atoms with Gasteiger partial charge in [0.15, 0.2) is 0 Å². The van der Waals surface area contributed by atoms with Crippen molar-refractivity contribution in [3.8, 4) is 0 Å². The number of hydrogen-bond donors (Lipinski definition) is 1. The van der Waals surface area contributed by atoms with E-state index in [0.717, 1.165) is 26.3 Å². The number of rotatable bonds is 4. The van der Waals surface area contributed by atoms with Gasteiger partial charge >= 0.3 is 0 Å². The molecule has 1 fully saturated rings. The van der Waals surface area contributed by atoms with E-state index in [-0.39, 0.29) is 11.4 Å². The summed E-state index contributed by atoms with van der Waals surface area (Å²) in [6, 6.07) is 9.33. The summed E-state index contributed by atoms with van der Waals surface area (Å²) < 4.78 is 5.36. The van der Waals surface area contributed by atoms with E-state index < -0.39 is 0 Å². The summed E-state index contributed by atoms with van der Waals surface area (Å²) in [4.78, 5) is 14.4. The van der Waals surface area contributed by atoms with Crippen molar-refractivity contribution in [2.45, 2.75) is 19.4 Å². The molecule has 0 saturated carbocycles. The van der Waals surface area contributed by atoms with Gasteiger partial charge in [0.05, 0.1) is 13.2 Å². The Balaban J connectivity index is 1.88. The maximum atomic E-state index is 12.0. The lowest BCUT2D eigenvalue weighted by atomic mass is 10.0. The molecular weight excluding hydrogens is 240 g/mol. The van der Waals surface area contributed by atoms with Crippen LogP contribution in [-0.4, -0.2) is 49.2 Å². The van der Waals surface area contributed by atoms with Crippen molar-refractivity contribution in [3.63, 3.8) is 0 Å².